The number of hydrogen-bond donors (Lipinski definition) is 1. The molecule has 2 rings (SSSR count). The Labute approximate surface area is 109 Å². The summed E-state index contributed by atoms with van der Waals surface area (Å²) in [6.07, 6.45) is 0. The van der Waals surface area contributed by atoms with Gasteiger partial charge in [-0.25, -0.2) is 0 Å². The van der Waals surface area contributed by atoms with Crippen LogP contribution in [0.3, 0.4) is 0 Å². The van der Waals surface area contributed by atoms with Gasteiger partial charge >= 0.3 is 0 Å². The molecule has 2 N–H and O–H groups in total. The second-order valence-electron chi connectivity index (χ2n) is 4.10. The molecule has 4 heteroatoms. The average Bonchev–Trinajstić information content (AvgIpc) is 2.18. The Morgan fingerprint density at radius 2 is 2.12 bits per heavy atom. The van der Waals surface area contributed by atoms with Gasteiger partial charge in [0.25, 0.3) is 0 Å². The van der Waals surface area contributed by atoms with Crippen LogP contribution in [-0.4, -0.2) is 24.5 Å². The first kappa shape index (κ1) is 12.4. The summed E-state index contributed by atoms with van der Waals surface area (Å²) in [5.41, 5.74) is 7.37. The van der Waals surface area contributed by atoms with E-state index in [2.05, 4.69) is 41.1 Å². The molecular weight excluding hydrogens is 286 g/mol. The minimum atomic E-state index is 0.143. The van der Waals surface area contributed by atoms with Crippen LogP contribution in [0, 0.1) is 0 Å². The van der Waals surface area contributed by atoms with E-state index in [4.69, 9.17) is 10.5 Å². The van der Waals surface area contributed by atoms with Gasteiger partial charge in [0.05, 0.1) is 18.5 Å². The topological polar surface area (TPSA) is 35.2 Å². The van der Waals surface area contributed by atoms with Crippen molar-refractivity contribution in [1.82, 2.24) is 0 Å². The molecule has 1 aromatic rings. The Hall–Kier alpha value is -0.0300. The molecule has 0 aliphatic carbocycles. The van der Waals surface area contributed by atoms with Gasteiger partial charge in [-0.15, -0.1) is 11.8 Å². The summed E-state index contributed by atoms with van der Waals surface area (Å²) in [5, 5.41) is 0.938. The van der Waals surface area contributed by atoms with Crippen molar-refractivity contribution < 1.29 is 4.74 Å². The van der Waals surface area contributed by atoms with Gasteiger partial charge in [0.2, 0.25) is 0 Å². The highest BCUT2D eigenvalue weighted by Crippen LogP contribution is 2.39. The minimum Gasteiger partial charge on any atom is -0.379 e. The number of ether oxygens (including phenoxy) is 1. The number of rotatable bonds is 4. The standard InChI is InChI=1S/C12H16BrNOS/c1-8(14)12(16-9-6-15-7-9)10-4-2-3-5-11(10)13/h2-5,8-9,12H,6-7,14H2,1H3. The van der Waals surface area contributed by atoms with Crippen molar-refractivity contribution in [3.63, 3.8) is 0 Å². The number of nitrogens with two attached hydrogens (primary N) is 1. The van der Waals surface area contributed by atoms with Crippen LogP contribution in [0.25, 0.3) is 0 Å². The molecule has 1 heterocycles. The zero-order valence-electron chi connectivity index (χ0n) is 9.23. The van der Waals surface area contributed by atoms with Crippen LogP contribution in [-0.2, 0) is 4.74 Å². The van der Waals surface area contributed by atoms with Gasteiger partial charge < -0.3 is 10.5 Å². The van der Waals surface area contributed by atoms with Crippen LogP contribution < -0.4 is 5.73 Å². The van der Waals surface area contributed by atoms with Gasteiger partial charge in [0, 0.05) is 15.8 Å². The average molecular weight is 302 g/mol. The van der Waals surface area contributed by atoms with Crippen molar-refractivity contribution >= 4 is 27.7 Å². The molecule has 2 atom stereocenters. The SMILES string of the molecule is CC(N)C(SC1COC1)c1ccccc1Br. The van der Waals surface area contributed by atoms with Crippen molar-refractivity contribution in [1.29, 1.82) is 0 Å². The number of halogens is 1. The maximum Gasteiger partial charge on any atom is 0.0608 e. The molecule has 1 aliphatic rings. The molecule has 0 aromatic heterocycles. The maximum absolute atomic E-state index is 6.08. The highest BCUT2D eigenvalue weighted by molar-refractivity contribution is 9.10. The van der Waals surface area contributed by atoms with Crippen molar-refractivity contribution in [3.8, 4) is 0 Å². The lowest BCUT2D eigenvalue weighted by molar-refractivity contribution is 0.0452. The van der Waals surface area contributed by atoms with Gasteiger partial charge in [0.15, 0.2) is 0 Å². The van der Waals surface area contributed by atoms with Crippen molar-refractivity contribution in [2.75, 3.05) is 13.2 Å². The summed E-state index contributed by atoms with van der Waals surface area (Å²) >= 11 is 5.52. The molecule has 0 bridgehead atoms. The fraction of sp³-hybridized carbons (Fsp3) is 0.500. The molecule has 1 aliphatic heterocycles. The van der Waals surface area contributed by atoms with E-state index < -0.39 is 0 Å². The van der Waals surface area contributed by atoms with E-state index in [1.807, 2.05) is 17.8 Å². The van der Waals surface area contributed by atoms with Gasteiger partial charge in [-0.1, -0.05) is 34.1 Å². The lowest BCUT2D eigenvalue weighted by Crippen LogP contribution is -2.34. The lowest BCUT2D eigenvalue weighted by atomic mass is 10.1. The van der Waals surface area contributed by atoms with E-state index in [9.17, 15) is 0 Å². The number of benzene rings is 1. The molecule has 2 nitrogen and oxygen atoms in total. The normalized spacial score (nSPS) is 20.2. The van der Waals surface area contributed by atoms with E-state index in [1.165, 1.54) is 5.56 Å². The molecular formula is C12H16BrNOS. The molecule has 0 radical (unpaired) electrons. The smallest absolute Gasteiger partial charge is 0.0608 e. The Balaban J connectivity index is 2.14. The van der Waals surface area contributed by atoms with E-state index in [-0.39, 0.29) is 6.04 Å². The second-order valence-corrected chi connectivity index (χ2v) is 6.40. The van der Waals surface area contributed by atoms with Gasteiger partial charge in [-0.3, -0.25) is 0 Å². The molecule has 0 spiro atoms. The summed E-state index contributed by atoms with van der Waals surface area (Å²) < 4.78 is 6.35. The van der Waals surface area contributed by atoms with Crippen LogP contribution in [0.4, 0.5) is 0 Å². The van der Waals surface area contributed by atoms with E-state index >= 15 is 0 Å². The largest absolute Gasteiger partial charge is 0.379 e. The van der Waals surface area contributed by atoms with E-state index in [1.54, 1.807) is 0 Å². The Morgan fingerprint density at radius 1 is 1.44 bits per heavy atom. The monoisotopic (exact) mass is 301 g/mol. The summed E-state index contributed by atoms with van der Waals surface area (Å²) in [5.74, 6) is 0. The first-order valence-corrected chi connectivity index (χ1v) is 7.15. The third-order valence-corrected chi connectivity index (χ3v) is 4.99. The number of thioether (sulfide) groups is 1. The summed E-state index contributed by atoms with van der Waals surface area (Å²) in [4.78, 5) is 0. The van der Waals surface area contributed by atoms with Gasteiger partial charge in [0.1, 0.15) is 0 Å². The first-order valence-electron chi connectivity index (χ1n) is 5.41. The molecule has 1 fully saturated rings. The summed E-state index contributed by atoms with van der Waals surface area (Å²) in [6, 6.07) is 8.45. The Morgan fingerprint density at radius 3 is 2.62 bits per heavy atom. The maximum atomic E-state index is 6.08. The third kappa shape index (κ3) is 2.80. The highest BCUT2D eigenvalue weighted by atomic mass is 79.9. The quantitative estimate of drug-likeness (QED) is 0.928. The van der Waals surface area contributed by atoms with Crippen LogP contribution >= 0.6 is 27.7 Å². The molecule has 0 saturated carbocycles. The molecule has 16 heavy (non-hydrogen) atoms. The Bertz CT molecular complexity index is 355. The highest BCUT2D eigenvalue weighted by Gasteiger charge is 2.27. The predicted molar refractivity (Wildman–Crippen MR) is 72.7 cm³/mol. The molecule has 1 saturated heterocycles. The van der Waals surface area contributed by atoms with Gasteiger partial charge in [-0.2, -0.15) is 0 Å². The fourth-order valence-electron chi connectivity index (χ4n) is 1.69. The van der Waals surface area contributed by atoms with Crippen LogP contribution in [0.1, 0.15) is 17.7 Å². The zero-order valence-corrected chi connectivity index (χ0v) is 11.6. The predicted octanol–water partition coefficient (Wildman–Crippen LogP) is 2.97. The van der Waals surface area contributed by atoms with Crippen LogP contribution in [0.2, 0.25) is 0 Å². The summed E-state index contributed by atoms with van der Waals surface area (Å²) in [7, 11) is 0. The van der Waals surface area contributed by atoms with Gasteiger partial charge in [-0.05, 0) is 18.6 Å². The third-order valence-electron chi connectivity index (χ3n) is 2.64. The fourth-order valence-corrected chi connectivity index (χ4v) is 3.73. The van der Waals surface area contributed by atoms with E-state index in [0.717, 1.165) is 17.7 Å². The van der Waals surface area contributed by atoms with Crippen LogP contribution in [0.15, 0.2) is 28.7 Å². The molecule has 0 amide bonds. The first-order chi connectivity index (χ1) is 7.68. The minimum absolute atomic E-state index is 0.143. The molecule has 2 unspecified atom stereocenters. The lowest BCUT2D eigenvalue weighted by Gasteiger charge is -2.31. The summed E-state index contributed by atoms with van der Waals surface area (Å²) in [6.45, 7) is 3.79. The van der Waals surface area contributed by atoms with Crippen LogP contribution in [0.5, 0.6) is 0 Å². The Kier molecular flexibility index (Phi) is 4.30. The zero-order chi connectivity index (χ0) is 11.5. The van der Waals surface area contributed by atoms with Crippen molar-refractivity contribution in [3.05, 3.63) is 34.3 Å². The van der Waals surface area contributed by atoms with E-state index in [0.29, 0.717) is 10.5 Å². The molecule has 88 valence electrons. The van der Waals surface area contributed by atoms with Crippen molar-refractivity contribution in [2.45, 2.75) is 23.5 Å². The second kappa shape index (κ2) is 5.54. The van der Waals surface area contributed by atoms with Crippen molar-refractivity contribution in [2.24, 2.45) is 5.73 Å². The molecule has 1 aromatic carbocycles. The number of hydrogen-bond acceptors (Lipinski definition) is 3.